The molecule has 4 rings (SSSR count). The van der Waals surface area contributed by atoms with Crippen molar-refractivity contribution in [3.8, 4) is 16.9 Å². The van der Waals surface area contributed by atoms with E-state index in [1.165, 1.54) is 14.2 Å². The first kappa shape index (κ1) is 20.5. The highest BCUT2D eigenvalue weighted by molar-refractivity contribution is 5.82. The maximum Gasteiger partial charge on any atom is 0.410 e. The average Bonchev–Trinajstić information content (AvgIpc) is 3.11. The van der Waals surface area contributed by atoms with Crippen LogP contribution in [0.1, 0.15) is 28.7 Å². The van der Waals surface area contributed by atoms with Gasteiger partial charge in [-0.15, -0.1) is 0 Å². The summed E-state index contributed by atoms with van der Waals surface area (Å²) in [5.74, 6) is -0.723. The van der Waals surface area contributed by atoms with Gasteiger partial charge >= 0.3 is 12.1 Å². The van der Waals surface area contributed by atoms with Gasteiger partial charge in [0.2, 0.25) is 0 Å². The lowest BCUT2D eigenvalue weighted by Gasteiger charge is -2.25. The molecule has 1 N–H and O–H groups in total. The maximum atomic E-state index is 12.8. The van der Waals surface area contributed by atoms with Gasteiger partial charge in [-0.05, 0) is 39.9 Å². The molecule has 1 aliphatic carbocycles. The molecule has 158 valence electrons. The molecule has 1 amide bonds. The molecule has 0 fully saturated rings. The minimum Gasteiger partial charge on any atom is -0.497 e. The largest absolute Gasteiger partial charge is 0.497 e. The summed E-state index contributed by atoms with van der Waals surface area (Å²) in [4.78, 5) is 25.9. The summed E-state index contributed by atoms with van der Waals surface area (Å²) < 4.78 is 10.8. The first-order valence-corrected chi connectivity index (χ1v) is 9.96. The zero-order valence-electron chi connectivity index (χ0n) is 17.3. The summed E-state index contributed by atoms with van der Waals surface area (Å²) in [6, 6.07) is 21.6. The minimum atomic E-state index is -1.19. The van der Waals surface area contributed by atoms with Crippen molar-refractivity contribution in [1.82, 2.24) is 4.90 Å². The van der Waals surface area contributed by atoms with E-state index in [4.69, 9.17) is 9.47 Å². The van der Waals surface area contributed by atoms with E-state index in [1.807, 2.05) is 36.4 Å². The van der Waals surface area contributed by atoms with Gasteiger partial charge in [-0.25, -0.2) is 9.59 Å². The van der Waals surface area contributed by atoms with Crippen LogP contribution in [0.4, 0.5) is 4.79 Å². The Kier molecular flexibility index (Phi) is 5.62. The summed E-state index contributed by atoms with van der Waals surface area (Å²) in [7, 11) is 2.93. The smallest absolute Gasteiger partial charge is 0.410 e. The summed E-state index contributed by atoms with van der Waals surface area (Å²) >= 11 is 0. The molecule has 0 radical (unpaired) electrons. The van der Waals surface area contributed by atoms with Crippen molar-refractivity contribution in [3.63, 3.8) is 0 Å². The van der Waals surface area contributed by atoms with Crippen LogP contribution in [0.25, 0.3) is 11.1 Å². The van der Waals surface area contributed by atoms with Gasteiger partial charge in [0.1, 0.15) is 12.4 Å². The van der Waals surface area contributed by atoms with Crippen LogP contribution in [0.2, 0.25) is 0 Å². The normalized spacial score (nSPS) is 13.1. The minimum absolute atomic E-state index is 0.0927. The molecule has 31 heavy (non-hydrogen) atoms. The molecule has 1 aliphatic rings. The van der Waals surface area contributed by atoms with Crippen molar-refractivity contribution in [1.29, 1.82) is 0 Å². The third-order valence-electron chi connectivity index (χ3n) is 5.65. The van der Waals surface area contributed by atoms with Crippen LogP contribution in [-0.2, 0) is 9.53 Å². The number of fused-ring (bicyclic) bond motifs is 3. The van der Waals surface area contributed by atoms with E-state index in [0.717, 1.165) is 27.2 Å². The second-order valence-electron chi connectivity index (χ2n) is 7.43. The third kappa shape index (κ3) is 3.84. The summed E-state index contributed by atoms with van der Waals surface area (Å²) in [6.45, 7) is 0.127. The molecule has 3 aromatic rings. The molecule has 0 aliphatic heterocycles. The SMILES string of the molecule is COc1cccc(C(C(=O)O)N(C)C(=O)OCC2c3ccccc3-c3ccccc32)c1. The van der Waals surface area contributed by atoms with Gasteiger partial charge in [0, 0.05) is 13.0 Å². The highest BCUT2D eigenvalue weighted by Crippen LogP contribution is 2.44. The Bertz CT molecular complexity index is 1080. The number of nitrogens with zero attached hydrogens (tertiary/aromatic N) is 1. The van der Waals surface area contributed by atoms with Crippen LogP contribution in [0.3, 0.4) is 0 Å². The lowest BCUT2D eigenvalue weighted by atomic mass is 9.98. The van der Waals surface area contributed by atoms with E-state index in [-0.39, 0.29) is 12.5 Å². The molecule has 0 heterocycles. The Balaban J connectivity index is 1.53. The van der Waals surface area contributed by atoms with Gasteiger partial charge in [0.15, 0.2) is 6.04 Å². The number of benzene rings is 3. The first-order chi connectivity index (χ1) is 15.0. The molecule has 0 aromatic heterocycles. The number of carboxylic acids is 1. The van der Waals surface area contributed by atoms with Gasteiger partial charge in [-0.2, -0.15) is 0 Å². The van der Waals surface area contributed by atoms with Crippen LogP contribution >= 0.6 is 0 Å². The molecular weight excluding hydrogens is 394 g/mol. The highest BCUT2D eigenvalue weighted by atomic mass is 16.6. The van der Waals surface area contributed by atoms with Gasteiger partial charge in [-0.1, -0.05) is 60.7 Å². The fraction of sp³-hybridized carbons (Fsp3) is 0.200. The van der Waals surface area contributed by atoms with Gasteiger partial charge in [0.05, 0.1) is 7.11 Å². The van der Waals surface area contributed by atoms with Crippen LogP contribution in [-0.4, -0.2) is 42.8 Å². The van der Waals surface area contributed by atoms with E-state index in [1.54, 1.807) is 24.3 Å². The topological polar surface area (TPSA) is 76.1 Å². The zero-order valence-corrected chi connectivity index (χ0v) is 17.3. The number of ether oxygens (including phenoxy) is 2. The monoisotopic (exact) mass is 417 g/mol. The van der Waals surface area contributed by atoms with Gasteiger partial charge in [-0.3, -0.25) is 4.90 Å². The third-order valence-corrected chi connectivity index (χ3v) is 5.65. The molecule has 0 saturated carbocycles. The van der Waals surface area contributed by atoms with Crippen LogP contribution < -0.4 is 4.74 Å². The molecule has 6 heteroatoms. The van der Waals surface area contributed by atoms with E-state index < -0.39 is 18.1 Å². The molecule has 0 bridgehead atoms. The quantitative estimate of drug-likeness (QED) is 0.629. The van der Waals surface area contributed by atoms with E-state index in [9.17, 15) is 14.7 Å². The maximum absolute atomic E-state index is 12.8. The predicted molar refractivity (Wildman–Crippen MR) is 116 cm³/mol. The molecule has 3 aromatic carbocycles. The number of aliphatic carboxylic acids is 1. The lowest BCUT2D eigenvalue weighted by Crippen LogP contribution is -2.36. The highest BCUT2D eigenvalue weighted by Gasteiger charge is 2.32. The predicted octanol–water partition coefficient (Wildman–Crippen LogP) is 4.70. The van der Waals surface area contributed by atoms with Crippen molar-refractivity contribution in [3.05, 3.63) is 89.5 Å². The van der Waals surface area contributed by atoms with E-state index in [0.29, 0.717) is 11.3 Å². The Morgan fingerprint density at radius 2 is 1.58 bits per heavy atom. The zero-order chi connectivity index (χ0) is 22.0. The summed E-state index contributed by atoms with van der Waals surface area (Å²) in [5, 5.41) is 9.76. The van der Waals surface area contributed by atoms with Crippen LogP contribution in [0, 0.1) is 0 Å². The fourth-order valence-electron chi connectivity index (χ4n) is 4.14. The first-order valence-electron chi connectivity index (χ1n) is 9.96. The summed E-state index contributed by atoms with van der Waals surface area (Å²) in [5.41, 5.74) is 4.89. The van der Waals surface area contributed by atoms with Crippen molar-refractivity contribution in [2.45, 2.75) is 12.0 Å². The average molecular weight is 417 g/mol. The number of amides is 1. The molecule has 0 saturated heterocycles. The van der Waals surface area contributed by atoms with E-state index >= 15 is 0 Å². The number of hydrogen-bond acceptors (Lipinski definition) is 4. The van der Waals surface area contributed by atoms with Crippen molar-refractivity contribution in [2.24, 2.45) is 0 Å². The van der Waals surface area contributed by atoms with Crippen molar-refractivity contribution in [2.75, 3.05) is 20.8 Å². The Labute approximate surface area is 180 Å². The Morgan fingerprint density at radius 3 is 2.16 bits per heavy atom. The molecule has 0 spiro atoms. The van der Waals surface area contributed by atoms with Crippen molar-refractivity contribution >= 4 is 12.1 Å². The van der Waals surface area contributed by atoms with Crippen LogP contribution in [0.5, 0.6) is 5.75 Å². The number of carbonyl (C=O) groups excluding carboxylic acids is 1. The Hall–Kier alpha value is -3.80. The molecule has 1 atom stereocenters. The summed E-state index contributed by atoms with van der Waals surface area (Å²) in [6.07, 6.45) is -0.697. The number of methoxy groups -OCH3 is 1. The van der Waals surface area contributed by atoms with Gasteiger partial charge < -0.3 is 14.6 Å². The molecular formula is C25H23NO5. The number of likely N-dealkylation sites (N-methyl/N-ethyl adjacent to an activating group) is 1. The number of rotatable bonds is 6. The molecule has 6 nitrogen and oxygen atoms in total. The van der Waals surface area contributed by atoms with E-state index in [2.05, 4.69) is 12.1 Å². The van der Waals surface area contributed by atoms with Crippen molar-refractivity contribution < 1.29 is 24.2 Å². The Morgan fingerprint density at radius 1 is 0.968 bits per heavy atom. The molecule has 1 unspecified atom stereocenters. The van der Waals surface area contributed by atoms with Crippen LogP contribution in [0.15, 0.2) is 72.8 Å². The second kappa shape index (κ2) is 8.52. The van der Waals surface area contributed by atoms with Gasteiger partial charge in [0.25, 0.3) is 0 Å². The number of carbonyl (C=O) groups is 2. The second-order valence-corrected chi connectivity index (χ2v) is 7.43. The standard InChI is InChI=1S/C25H23NO5/c1-26(23(24(27)28)16-8-7-9-17(14-16)30-2)25(29)31-15-22-20-12-5-3-10-18(20)19-11-4-6-13-21(19)22/h3-14,22-23H,15H2,1-2H3,(H,27,28). The number of carboxylic acid groups (broad SMARTS) is 1. The fourth-order valence-corrected chi connectivity index (χ4v) is 4.14. The lowest BCUT2D eigenvalue weighted by molar-refractivity contribution is -0.142. The number of hydrogen-bond donors (Lipinski definition) is 1.